The zero-order chi connectivity index (χ0) is 21.7. The van der Waals surface area contributed by atoms with Gasteiger partial charge in [0, 0.05) is 32.4 Å². The molecule has 31 heavy (non-hydrogen) atoms. The number of carbonyl (C=O) groups excluding carboxylic acids is 2. The molecule has 2 amide bonds. The van der Waals surface area contributed by atoms with Gasteiger partial charge in [0.2, 0.25) is 5.91 Å². The monoisotopic (exact) mass is 438 g/mol. The molecule has 2 aliphatic heterocycles. The van der Waals surface area contributed by atoms with Gasteiger partial charge in [-0.15, -0.1) is 0 Å². The summed E-state index contributed by atoms with van der Waals surface area (Å²) in [5.74, 6) is -0.333. The second-order valence-corrected chi connectivity index (χ2v) is 8.45. The van der Waals surface area contributed by atoms with Crippen molar-refractivity contribution in [2.75, 3.05) is 18.5 Å². The second kappa shape index (κ2) is 7.53. The molecule has 2 aromatic heterocycles. The lowest BCUT2D eigenvalue weighted by atomic mass is 10.0. The maximum absolute atomic E-state index is 13.4. The number of carbonyl (C=O) groups is 2. The van der Waals surface area contributed by atoms with Crippen LogP contribution in [0, 0.1) is 0 Å². The van der Waals surface area contributed by atoms with Crippen molar-refractivity contribution in [3.8, 4) is 0 Å². The van der Waals surface area contributed by atoms with Gasteiger partial charge in [0.05, 0.1) is 17.9 Å². The number of anilines is 1. The predicted molar refractivity (Wildman–Crippen MR) is 116 cm³/mol. The first-order valence-electron chi connectivity index (χ1n) is 10.3. The molecule has 4 heterocycles. The van der Waals surface area contributed by atoms with E-state index < -0.39 is 6.04 Å². The van der Waals surface area contributed by atoms with Crippen LogP contribution in [-0.2, 0) is 31.2 Å². The molecule has 9 heteroatoms. The molecule has 1 aromatic carbocycles. The van der Waals surface area contributed by atoms with Gasteiger partial charge in [-0.2, -0.15) is 10.2 Å². The Labute approximate surface area is 185 Å². The van der Waals surface area contributed by atoms with Gasteiger partial charge in [0.1, 0.15) is 11.2 Å². The molecule has 160 valence electrons. The Kier molecular flexibility index (Phi) is 4.81. The largest absolute Gasteiger partial charge is 0.325 e. The lowest BCUT2D eigenvalue weighted by molar-refractivity contribution is -0.122. The Balaban J connectivity index is 1.41. The van der Waals surface area contributed by atoms with Crippen molar-refractivity contribution < 1.29 is 9.59 Å². The van der Waals surface area contributed by atoms with Gasteiger partial charge in [-0.25, -0.2) is 4.68 Å². The standard InChI is InChI=1S/C22H23ClN6O2/c1-26-13-18-16(24-26)8-9-17(21(30)27(18)2)28-11-10-15-19(22(28)31)25-29(20(15)23)12-14-6-4-3-5-7-14/h3-7,13,17H,8-12H2,1-2H3. The maximum atomic E-state index is 13.4. The molecule has 0 bridgehead atoms. The van der Waals surface area contributed by atoms with E-state index in [1.807, 2.05) is 43.6 Å². The highest BCUT2D eigenvalue weighted by molar-refractivity contribution is 6.31. The summed E-state index contributed by atoms with van der Waals surface area (Å²) in [4.78, 5) is 29.9. The highest BCUT2D eigenvalue weighted by Gasteiger charge is 2.40. The van der Waals surface area contributed by atoms with Crippen LogP contribution in [0.2, 0.25) is 5.15 Å². The summed E-state index contributed by atoms with van der Waals surface area (Å²) in [5.41, 5.74) is 3.85. The zero-order valence-corrected chi connectivity index (χ0v) is 18.2. The number of aromatic nitrogens is 4. The number of amides is 2. The average molecular weight is 439 g/mol. The number of likely N-dealkylation sites (N-methyl/N-ethyl adjacent to an activating group) is 1. The lowest BCUT2D eigenvalue weighted by Gasteiger charge is -2.33. The molecule has 0 saturated heterocycles. The fourth-order valence-corrected chi connectivity index (χ4v) is 4.79. The number of aryl methyl sites for hydroxylation is 2. The van der Waals surface area contributed by atoms with Crippen molar-refractivity contribution in [2.24, 2.45) is 7.05 Å². The third kappa shape index (κ3) is 3.31. The minimum absolute atomic E-state index is 0.0987. The first-order chi connectivity index (χ1) is 14.9. The number of hydrogen-bond donors (Lipinski definition) is 0. The van der Waals surface area contributed by atoms with E-state index >= 15 is 0 Å². The van der Waals surface area contributed by atoms with Crippen LogP contribution in [0.4, 0.5) is 5.69 Å². The van der Waals surface area contributed by atoms with Crippen LogP contribution >= 0.6 is 11.6 Å². The quantitative estimate of drug-likeness (QED) is 0.628. The first-order valence-corrected chi connectivity index (χ1v) is 10.7. The van der Waals surface area contributed by atoms with E-state index in [-0.39, 0.29) is 11.8 Å². The molecular weight excluding hydrogens is 416 g/mol. The summed E-state index contributed by atoms with van der Waals surface area (Å²) in [7, 11) is 3.59. The van der Waals surface area contributed by atoms with Crippen molar-refractivity contribution in [3.05, 3.63) is 64.2 Å². The van der Waals surface area contributed by atoms with Crippen molar-refractivity contribution in [2.45, 2.75) is 31.8 Å². The smallest absolute Gasteiger partial charge is 0.275 e. The van der Waals surface area contributed by atoms with Crippen LogP contribution in [0.15, 0.2) is 36.5 Å². The normalized spacial score (nSPS) is 18.7. The van der Waals surface area contributed by atoms with Crippen LogP contribution in [-0.4, -0.2) is 55.9 Å². The molecule has 1 unspecified atom stereocenters. The van der Waals surface area contributed by atoms with E-state index in [9.17, 15) is 9.59 Å². The maximum Gasteiger partial charge on any atom is 0.275 e. The minimum Gasteiger partial charge on any atom is -0.325 e. The predicted octanol–water partition coefficient (Wildman–Crippen LogP) is 2.29. The second-order valence-electron chi connectivity index (χ2n) is 8.10. The Morgan fingerprint density at radius 2 is 1.87 bits per heavy atom. The van der Waals surface area contributed by atoms with Gasteiger partial charge in [0.25, 0.3) is 5.91 Å². The highest BCUT2D eigenvalue weighted by atomic mass is 35.5. The molecule has 3 aromatic rings. The number of nitrogens with zero attached hydrogens (tertiary/aromatic N) is 6. The molecular formula is C22H23ClN6O2. The van der Waals surface area contributed by atoms with Crippen molar-refractivity contribution in [1.82, 2.24) is 24.5 Å². The number of rotatable bonds is 3. The van der Waals surface area contributed by atoms with Gasteiger partial charge < -0.3 is 9.80 Å². The molecule has 8 nitrogen and oxygen atoms in total. The summed E-state index contributed by atoms with van der Waals surface area (Å²) in [5, 5.41) is 9.50. The number of halogens is 1. The van der Waals surface area contributed by atoms with Crippen LogP contribution < -0.4 is 4.90 Å². The summed E-state index contributed by atoms with van der Waals surface area (Å²) >= 11 is 6.57. The summed E-state index contributed by atoms with van der Waals surface area (Å²) in [6.07, 6.45) is 3.59. The molecule has 0 radical (unpaired) electrons. The van der Waals surface area contributed by atoms with E-state index in [0.717, 1.165) is 22.5 Å². The highest BCUT2D eigenvalue weighted by Crippen LogP contribution is 2.31. The number of hydrogen-bond acceptors (Lipinski definition) is 4. The fourth-order valence-electron chi connectivity index (χ4n) is 4.51. The molecule has 0 fully saturated rings. The fraction of sp³-hybridized carbons (Fsp3) is 0.364. The van der Waals surface area contributed by atoms with Gasteiger partial charge >= 0.3 is 0 Å². The summed E-state index contributed by atoms with van der Waals surface area (Å²) < 4.78 is 3.39. The van der Waals surface area contributed by atoms with Gasteiger partial charge in [-0.1, -0.05) is 41.9 Å². The topological polar surface area (TPSA) is 76.3 Å². The molecule has 5 rings (SSSR count). The van der Waals surface area contributed by atoms with E-state index in [2.05, 4.69) is 10.2 Å². The third-order valence-corrected chi connectivity index (χ3v) is 6.54. The third-order valence-electron chi connectivity index (χ3n) is 6.11. The average Bonchev–Trinajstić information content (AvgIpc) is 3.26. The Morgan fingerprint density at radius 1 is 1.10 bits per heavy atom. The molecule has 1 atom stereocenters. The van der Waals surface area contributed by atoms with Gasteiger partial charge in [-0.05, 0) is 24.8 Å². The van der Waals surface area contributed by atoms with Crippen LogP contribution in [0.5, 0.6) is 0 Å². The van der Waals surface area contributed by atoms with E-state index in [4.69, 9.17) is 11.6 Å². The Morgan fingerprint density at radius 3 is 2.65 bits per heavy atom. The number of fused-ring (bicyclic) bond motifs is 2. The lowest BCUT2D eigenvalue weighted by Crippen LogP contribution is -2.52. The summed E-state index contributed by atoms with van der Waals surface area (Å²) in [6, 6.07) is 9.33. The van der Waals surface area contributed by atoms with Crippen molar-refractivity contribution >= 4 is 29.1 Å². The summed E-state index contributed by atoms with van der Waals surface area (Å²) in [6.45, 7) is 0.935. The van der Waals surface area contributed by atoms with Crippen LogP contribution in [0.1, 0.15) is 33.7 Å². The minimum atomic E-state index is -0.539. The molecule has 0 aliphatic carbocycles. The van der Waals surface area contributed by atoms with E-state index in [1.54, 1.807) is 26.2 Å². The molecule has 0 spiro atoms. The molecule has 0 saturated carbocycles. The van der Waals surface area contributed by atoms with Crippen LogP contribution in [0.25, 0.3) is 0 Å². The van der Waals surface area contributed by atoms with Gasteiger partial charge in [0.15, 0.2) is 5.69 Å². The molecule has 2 aliphatic rings. The van der Waals surface area contributed by atoms with E-state index in [1.165, 1.54) is 0 Å². The van der Waals surface area contributed by atoms with Crippen LogP contribution in [0.3, 0.4) is 0 Å². The van der Waals surface area contributed by atoms with Gasteiger partial charge in [-0.3, -0.25) is 14.3 Å². The SMILES string of the molecule is CN1C(=O)C(N2CCc3c(nn(Cc4ccccc4)c3Cl)C2=O)CCc2nn(C)cc21. The Hall–Kier alpha value is -3.13. The Bertz CT molecular complexity index is 1170. The van der Waals surface area contributed by atoms with Crippen molar-refractivity contribution in [1.29, 1.82) is 0 Å². The molecule has 0 N–H and O–H groups in total. The first kappa shape index (κ1) is 19.8. The van der Waals surface area contributed by atoms with E-state index in [0.29, 0.717) is 43.2 Å². The van der Waals surface area contributed by atoms with Crippen molar-refractivity contribution in [3.63, 3.8) is 0 Å². The number of benzene rings is 1. The zero-order valence-electron chi connectivity index (χ0n) is 17.5.